The zero-order chi connectivity index (χ0) is 26.9. The highest BCUT2D eigenvalue weighted by atomic mass is 16.6. The number of piperidine rings is 2. The summed E-state index contributed by atoms with van der Waals surface area (Å²) in [6, 6.07) is 5.06. The molecule has 2 fully saturated rings. The quantitative estimate of drug-likeness (QED) is 0.593. The minimum absolute atomic E-state index is 0.00239. The van der Waals surface area contributed by atoms with Crippen molar-refractivity contribution in [2.45, 2.75) is 90.1 Å². The Labute approximate surface area is 216 Å². The number of hydrogen-bond donors (Lipinski definition) is 1. The highest BCUT2D eigenvalue weighted by Gasteiger charge is 2.32. The number of amides is 3. The van der Waals surface area contributed by atoms with Crippen molar-refractivity contribution in [1.82, 2.24) is 19.4 Å². The number of imide groups is 1. The number of para-hydroxylation sites is 1. The van der Waals surface area contributed by atoms with Gasteiger partial charge in [-0.25, -0.2) is 9.59 Å². The van der Waals surface area contributed by atoms with Crippen LogP contribution < -0.4 is 11.0 Å². The fraction of sp³-hybridized carbons (Fsp3) is 0.630. The molecule has 0 spiro atoms. The van der Waals surface area contributed by atoms with Gasteiger partial charge in [0.2, 0.25) is 11.8 Å². The van der Waals surface area contributed by atoms with Crippen LogP contribution in [0.3, 0.4) is 0 Å². The molecule has 2 aromatic rings. The Morgan fingerprint density at radius 1 is 1.14 bits per heavy atom. The lowest BCUT2D eigenvalue weighted by molar-refractivity contribution is -0.135. The molecule has 2 aliphatic rings. The summed E-state index contributed by atoms with van der Waals surface area (Å²) in [5.74, 6) is -0.740. The molecule has 1 N–H and O–H groups in total. The molecule has 2 aliphatic heterocycles. The van der Waals surface area contributed by atoms with Gasteiger partial charge in [0.25, 0.3) is 0 Å². The molecule has 3 heterocycles. The second kappa shape index (κ2) is 10.7. The molecular weight excluding hydrogens is 476 g/mol. The Balaban J connectivity index is 1.38. The van der Waals surface area contributed by atoms with Gasteiger partial charge >= 0.3 is 11.8 Å². The van der Waals surface area contributed by atoms with E-state index in [1.54, 1.807) is 16.5 Å². The first-order chi connectivity index (χ1) is 17.4. The number of nitrogens with zero attached hydrogens (tertiary/aromatic N) is 3. The lowest BCUT2D eigenvalue weighted by atomic mass is 10.0. The van der Waals surface area contributed by atoms with E-state index in [1.807, 2.05) is 45.9 Å². The van der Waals surface area contributed by atoms with E-state index in [-0.39, 0.29) is 36.3 Å². The van der Waals surface area contributed by atoms with Gasteiger partial charge in [-0.05, 0) is 71.4 Å². The van der Waals surface area contributed by atoms with Crippen molar-refractivity contribution in [2.75, 3.05) is 13.1 Å². The van der Waals surface area contributed by atoms with Crippen molar-refractivity contribution in [3.8, 4) is 0 Å². The largest absolute Gasteiger partial charge is 0.444 e. The molecule has 2 atom stereocenters. The molecule has 1 aromatic heterocycles. The van der Waals surface area contributed by atoms with Gasteiger partial charge in [0.1, 0.15) is 11.6 Å². The number of fused-ring (bicyclic) bond motifs is 1. The molecule has 10 nitrogen and oxygen atoms in total. The van der Waals surface area contributed by atoms with Crippen LogP contribution in [0, 0.1) is 0 Å². The summed E-state index contributed by atoms with van der Waals surface area (Å²) in [4.78, 5) is 51.2. The third kappa shape index (κ3) is 6.06. The van der Waals surface area contributed by atoms with Crippen molar-refractivity contribution >= 4 is 28.9 Å². The summed E-state index contributed by atoms with van der Waals surface area (Å²) in [5, 5.41) is 2.35. The Hall–Kier alpha value is -3.14. The fourth-order valence-corrected chi connectivity index (χ4v) is 5.21. The van der Waals surface area contributed by atoms with Crippen LogP contribution in [0.5, 0.6) is 0 Å². The molecule has 1 aromatic carbocycles. The van der Waals surface area contributed by atoms with Crippen LogP contribution in [0.25, 0.3) is 11.0 Å². The lowest BCUT2D eigenvalue weighted by Crippen LogP contribution is -2.44. The molecule has 37 heavy (non-hydrogen) atoms. The molecule has 0 radical (unpaired) electrons. The number of nitrogens with one attached hydrogen (secondary N) is 1. The lowest BCUT2D eigenvalue weighted by Gasteiger charge is -2.34. The normalized spacial score (nSPS) is 20.2. The number of aromatic nitrogens is 2. The van der Waals surface area contributed by atoms with Crippen LogP contribution in [0.15, 0.2) is 23.0 Å². The van der Waals surface area contributed by atoms with Crippen LogP contribution in [-0.2, 0) is 32.5 Å². The van der Waals surface area contributed by atoms with Crippen molar-refractivity contribution in [1.29, 1.82) is 0 Å². The van der Waals surface area contributed by atoms with Gasteiger partial charge in [0.15, 0.2) is 0 Å². The smallest absolute Gasteiger partial charge is 0.410 e. The Morgan fingerprint density at radius 2 is 1.84 bits per heavy atom. The standard InChI is InChI=1S/C27H38N4O6/c1-17(36-19-13-15-30(16-14-19)26(35)37-27(2,3)4)9-10-18-7-6-8-20-23(18)29(5)25(34)31(20)21-11-12-22(32)28-24(21)33/h6-8,17,19,21H,9-16H2,1-5H3,(H,28,32,33)/t17-,21?/m1/s1. The summed E-state index contributed by atoms with van der Waals surface area (Å²) in [6.45, 7) is 8.87. The molecule has 0 saturated carbocycles. The van der Waals surface area contributed by atoms with E-state index in [4.69, 9.17) is 9.47 Å². The fourth-order valence-electron chi connectivity index (χ4n) is 5.21. The molecule has 3 amide bonds. The van der Waals surface area contributed by atoms with Crippen LogP contribution in [-0.4, -0.2) is 62.8 Å². The zero-order valence-corrected chi connectivity index (χ0v) is 22.4. The molecule has 202 valence electrons. The Morgan fingerprint density at radius 3 is 2.49 bits per heavy atom. The van der Waals surface area contributed by atoms with Gasteiger partial charge < -0.3 is 14.4 Å². The predicted molar refractivity (Wildman–Crippen MR) is 138 cm³/mol. The van der Waals surface area contributed by atoms with Gasteiger partial charge in [-0.2, -0.15) is 0 Å². The second-order valence-corrected chi connectivity index (χ2v) is 11.1. The van der Waals surface area contributed by atoms with E-state index >= 15 is 0 Å². The number of carbonyl (C=O) groups excluding carboxylic acids is 3. The van der Waals surface area contributed by atoms with E-state index in [9.17, 15) is 19.2 Å². The first-order valence-electron chi connectivity index (χ1n) is 13.1. The van der Waals surface area contributed by atoms with Gasteiger partial charge in [0.05, 0.1) is 23.2 Å². The number of aryl methyl sites for hydroxylation is 2. The van der Waals surface area contributed by atoms with E-state index in [1.165, 1.54) is 4.57 Å². The number of ether oxygens (including phenoxy) is 2. The van der Waals surface area contributed by atoms with E-state index in [0.29, 0.717) is 31.4 Å². The number of carbonyl (C=O) groups is 3. The van der Waals surface area contributed by atoms with E-state index < -0.39 is 17.6 Å². The number of benzene rings is 1. The van der Waals surface area contributed by atoms with Crippen molar-refractivity contribution in [2.24, 2.45) is 7.05 Å². The van der Waals surface area contributed by atoms with Crippen LogP contribution >= 0.6 is 0 Å². The van der Waals surface area contributed by atoms with Crippen LogP contribution in [0.1, 0.15) is 71.4 Å². The first kappa shape index (κ1) is 26.9. The van der Waals surface area contributed by atoms with Crippen LogP contribution in [0.2, 0.25) is 0 Å². The number of hydrogen-bond acceptors (Lipinski definition) is 6. The average Bonchev–Trinajstić information content (AvgIpc) is 3.08. The maximum atomic E-state index is 13.1. The topological polar surface area (TPSA) is 112 Å². The second-order valence-electron chi connectivity index (χ2n) is 11.1. The molecule has 4 rings (SSSR count). The van der Waals surface area contributed by atoms with E-state index in [0.717, 1.165) is 30.3 Å². The van der Waals surface area contributed by atoms with Crippen molar-refractivity contribution < 1.29 is 23.9 Å². The summed E-state index contributed by atoms with van der Waals surface area (Å²) < 4.78 is 14.9. The zero-order valence-electron chi connectivity index (χ0n) is 22.4. The SMILES string of the molecule is C[C@H](CCc1cccc2c1n(C)c(=O)n2C1CCC(=O)NC1=O)OC1CCN(C(=O)OC(C)(C)C)CC1. The summed E-state index contributed by atoms with van der Waals surface area (Å²) in [5.41, 5.74) is 1.74. The maximum absolute atomic E-state index is 13.1. The highest BCUT2D eigenvalue weighted by molar-refractivity contribution is 6.00. The molecule has 1 unspecified atom stereocenters. The monoisotopic (exact) mass is 514 g/mol. The molecular formula is C27H38N4O6. The van der Waals surface area contributed by atoms with Gasteiger partial charge in [-0.1, -0.05) is 12.1 Å². The molecule has 0 aliphatic carbocycles. The highest BCUT2D eigenvalue weighted by Crippen LogP contribution is 2.26. The van der Waals surface area contributed by atoms with E-state index in [2.05, 4.69) is 5.32 Å². The van der Waals surface area contributed by atoms with Crippen LogP contribution in [0.4, 0.5) is 4.79 Å². The third-order valence-electron chi connectivity index (χ3n) is 7.05. The number of imidazole rings is 1. The maximum Gasteiger partial charge on any atom is 0.410 e. The van der Waals surface area contributed by atoms with Gasteiger partial charge in [0, 0.05) is 26.6 Å². The Bertz CT molecular complexity index is 1230. The minimum Gasteiger partial charge on any atom is -0.444 e. The van der Waals surface area contributed by atoms with Gasteiger partial charge in [-0.15, -0.1) is 0 Å². The summed E-state index contributed by atoms with van der Waals surface area (Å²) >= 11 is 0. The first-order valence-corrected chi connectivity index (χ1v) is 13.1. The van der Waals surface area contributed by atoms with Crippen molar-refractivity contribution in [3.05, 3.63) is 34.2 Å². The summed E-state index contributed by atoms with van der Waals surface area (Å²) in [7, 11) is 1.72. The molecule has 10 heteroatoms. The Kier molecular flexibility index (Phi) is 7.77. The predicted octanol–water partition coefficient (Wildman–Crippen LogP) is 3.05. The third-order valence-corrected chi connectivity index (χ3v) is 7.05. The average molecular weight is 515 g/mol. The minimum atomic E-state index is -0.696. The molecule has 0 bridgehead atoms. The summed E-state index contributed by atoms with van der Waals surface area (Å²) in [6.07, 6.45) is 3.35. The van der Waals surface area contributed by atoms with Crippen molar-refractivity contribution in [3.63, 3.8) is 0 Å². The molecule has 2 saturated heterocycles. The van der Waals surface area contributed by atoms with Gasteiger partial charge in [-0.3, -0.25) is 24.0 Å². The number of likely N-dealkylation sites (tertiary alicyclic amines) is 1. The number of rotatable bonds is 6.